The van der Waals surface area contributed by atoms with Crippen LogP contribution in [0.2, 0.25) is 0 Å². The van der Waals surface area contributed by atoms with Crippen molar-refractivity contribution >= 4 is 26.8 Å². The summed E-state index contributed by atoms with van der Waals surface area (Å²) >= 11 is 0. The van der Waals surface area contributed by atoms with Gasteiger partial charge in [0.15, 0.2) is 0 Å². The first kappa shape index (κ1) is 16.0. The topological polar surface area (TPSA) is 87.8 Å². The number of aryl methyl sites for hydroxylation is 2. The summed E-state index contributed by atoms with van der Waals surface area (Å²) in [7, 11) is -3.93. The fourth-order valence-corrected chi connectivity index (χ4v) is 3.64. The van der Waals surface area contributed by atoms with Crippen molar-refractivity contribution in [3.8, 4) is 0 Å². The van der Waals surface area contributed by atoms with E-state index in [-0.39, 0.29) is 11.4 Å². The number of hydrogen-bond donors (Lipinski definition) is 1. The summed E-state index contributed by atoms with van der Waals surface area (Å²) in [5, 5.41) is 0.933. The van der Waals surface area contributed by atoms with E-state index in [1.165, 1.54) is 11.6 Å². The minimum atomic E-state index is -3.93. The molecule has 0 amide bonds. The number of fused-ring (bicyclic) bond motifs is 2. The number of hydrogen-bond acceptors (Lipinski definition) is 5. The molecule has 0 radical (unpaired) electrons. The maximum Gasteiger partial charge on any atom is 0.336 e. The van der Waals surface area contributed by atoms with E-state index < -0.39 is 10.1 Å². The normalized spacial score (nSPS) is 15.0. The second kappa shape index (κ2) is 5.98. The highest BCUT2D eigenvalue weighted by Gasteiger charge is 2.19. The lowest BCUT2D eigenvalue weighted by Crippen LogP contribution is -2.31. The predicted molar refractivity (Wildman–Crippen MR) is 88.8 cm³/mol. The van der Waals surface area contributed by atoms with Gasteiger partial charge in [-0.15, -0.1) is 0 Å². The van der Waals surface area contributed by atoms with E-state index in [0.717, 1.165) is 36.0 Å². The van der Waals surface area contributed by atoms with Crippen LogP contribution >= 0.6 is 0 Å². The average molecular weight is 337 g/mol. The first-order chi connectivity index (χ1) is 10.8. The lowest BCUT2D eigenvalue weighted by molar-refractivity contribution is 0.480. The van der Waals surface area contributed by atoms with E-state index in [0.29, 0.717) is 18.5 Å². The molecule has 0 atom stereocenters. The van der Waals surface area contributed by atoms with Gasteiger partial charge >= 0.3 is 5.63 Å². The van der Waals surface area contributed by atoms with Crippen molar-refractivity contribution in [1.82, 2.24) is 0 Å². The quantitative estimate of drug-likeness (QED) is 0.679. The summed E-state index contributed by atoms with van der Waals surface area (Å²) in [5.74, 6) is -0.249. The summed E-state index contributed by atoms with van der Waals surface area (Å²) in [6.07, 6.45) is 2.28. The van der Waals surface area contributed by atoms with E-state index in [1.54, 1.807) is 0 Å². The predicted octanol–water partition coefficient (Wildman–Crippen LogP) is 2.13. The Labute approximate surface area is 134 Å². The Hall–Kier alpha value is -1.86. The number of anilines is 1. The van der Waals surface area contributed by atoms with Gasteiger partial charge in [-0.3, -0.25) is 4.55 Å². The third-order valence-electron chi connectivity index (χ3n) is 4.20. The molecule has 1 aromatic heterocycles. The second-order valence-corrected chi connectivity index (χ2v) is 7.53. The Morgan fingerprint density at radius 1 is 1.30 bits per heavy atom. The summed E-state index contributed by atoms with van der Waals surface area (Å²) in [5.41, 5.74) is 3.22. The van der Waals surface area contributed by atoms with Crippen LogP contribution in [-0.2, 0) is 16.5 Å². The molecule has 0 saturated heterocycles. The van der Waals surface area contributed by atoms with Gasteiger partial charge in [0.2, 0.25) is 0 Å². The van der Waals surface area contributed by atoms with Gasteiger partial charge in [0.25, 0.3) is 10.1 Å². The molecule has 23 heavy (non-hydrogen) atoms. The van der Waals surface area contributed by atoms with Crippen LogP contribution in [0.5, 0.6) is 0 Å². The van der Waals surface area contributed by atoms with Gasteiger partial charge in [0, 0.05) is 36.3 Å². The zero-order valence-electron chi connectivity index (χ0n) is 12.9. The minimum Gasteiger partial charge on any atom is -0.423 e. The Morgan fingerprint density at radius 2 is 2.09 bits per heavy atom. The third-order valence-corrected chi connectivity index (χ3v) is 5.00. The van der Waals surface area contributed by atoms with Gasteiger partial charge in [-0.2, -0.15) is 8.42 Å². The second-order valence-electron chi connectivity index (χ2n) is 5.96. The van der Waals surface area contributed by atoms with Crippen molar-refractivity contribution < 1.29 is 17.4 Å². The third kappa shape index (κ3) is 3.56. The number of benzene rings is 1. The molecule has 0 unspecified atom stereocenters. The van der Waals surface area contributed by atoms with Gasteiger partial charge in [0.1, 0.15) is 5.58 Å². The molecule has 1 aromatic carbocycles. The Balaban J connectivity index is 1.94. The van der Waals surface area contributed by atoms with Crippen LogP contribution in [0.4, 0.5) is 5.69 Å². The van der Waals surface area contributed by atoms with Crippen LogP contribution in [-0.4, -0.2) is 31.8 Å². The molecule has 6 nitrogen and oxygen atoms in total. The smallest absolute Gasteiger partial charge is 0.336 e. The number of rotatable bonds is 4. The monoisotopic (exact) mass is 337 g/mol. The van der Waals surface area contributed by atoms with Gasteiger partial charge in [-0.05, 0) is 43.4 Å². The highest BCUT2D eigenvalue weighted by Crippen LogP contribution is 2.32. The van der Waals surface area contributed by atoms with Crippen LogP contribution in [0, 0.1) is 6.92 Å². The molecule has 0 saturated carbocycles. The van der Waals surface area contributed by atoms with Crippen LogP contribution in [0.15, 0.2) is 27.4 Å². The molecule has 2 aromatic rings. The molecule has 0 aliphatic carbocycles. The van der Waals surface area contributed by atoms with Crippen molar-refractivity contribution in [1.29, 1.82) is 0 Å². The molecule has 0 bridgehead atoms. The highest BCUT2D eigenvalue weighted by molar-refractivity contribution is 7.85. The fraction of sp³-hybridized carbons (Fsp3) is 0.438. The minimum absolute atomic E-state index is 0.249. The van der Waals surface area contributed by atoms with Crippen molar-refractivity contribution in [2.75, 3.05) is 23.7 Å². The highest BCUT2D eigenvalue weighted by atomic mass is 32.2. The molecule has 7 heteroatoms. The van der Waals surface area contributed by atoms with Crippen LogP contribution < -0.4 is 10.5 Å². The van der Waals surface area contributed by atoms with E-state index >= 15 is 0 Å². The summed E-state index contributed by atoms with van der Waals surface area (Å²) < 4.78 is 35.9. The van der Waals surface area contributed by atoms with Crippen molar-refractivity contribution in [3.05, 3.63) is 39.7 Å². The fourth-order valence-electron chi connectivity index (χ4n) is 3.14. The van der Waals surface area contributed by atoms with Crippen LogP contribution in [0.25, 0.3) is 11.0 Å². The van der Waals surface area contributed by atoms with Gasteiger partial charge in [0.05, 0.1) is 5.75 Å². The molecule has 3 rings (SSSR count). The Morgan fingerprint density at radius 3 is 2.83 bits per heavy atom. The molecule has 2 heterocycles. The molecule has 1 N–H and O–H groups in total. The van der Waals surface area contributed by atoms with Crippen LogP contribution in [0.3, 0.4) is 0 Å². The van der Waals surface area contributed by atoms with E-state index in [2.05, 4.69) is 11.0 Å². The summed E-state index contributed by atoms with van der Waals surface area (Å²) in [6.45, 7) is 3.24. The van der Waals surface area contributed by atoms with Gasteiger partial charge in [-0.1, -0.05) is 0 Å². The Bertz CT molecular complexity index is 901. The van der Waals surface area contributed by atoms with Gasteiger partial charge in [-0.25, -0.2) is 4.79 Å². The van der Waals surface area contributed by atoms with Crippen molar-refractivity contribution in [3.63, 3.8) is 0 Å². The van der Waals surface area contributed by atoms with Crippen molar-refractivity contribution in [2.24, 2.45) is 0 Å². The summed E-state index contributed by atoms with van der Waals surface area (Å²) in [4.78, 5) is 13.7. The van der Waals surface area contributed by atoms with Crippen molar-refractivity contribution in [2.45, 2.75) is 26.2 Å². The van der Waals surface area contributed by atoms with Crippen LogP contribution in [0.1, 0.15) is 24.0 Å². The zero-order valence-corrected chi connectivity index (χ0v) is 13.7. The molecule has 124 valence electrons. The van der Waals surface area contributed by atoms with Gasteiger partial charge < -0.3 is 9.32 Å². The molecule has 1 aliphatic heterocycles. The molecular formula is C16H19NO5S. The summed E-state index contributed by atoms with van der Waals surface area (Å²) in [6, 6.07) is 5.41. The van der Waals surface area contributed by atoms with E-state index in [9.17, 15) is 13.2 Å². The maximum absolute atomic E-state index is 11.6. The lowest BCUT2D eigenvalue weighted by Gasteiger charge is -2.31. The standard InChI is InChI=1S/C16H19NO5S/c1-11-8-16(18)22-15-10-14-12(9-13(11)15)4-2-5-17(14)6-3-7-23(19,20)21/h8-10H,2-7H2,1H3,(H,19,20,21). The lowest BCUT2D eigenvalue weighted by atomic mass is 9.98. The Kier molecular flexibility index (Phi) is 4.16. The average Bonchev–Trinajstić information content (AvgIpc) is 2.44. The molecule has 0 fully saturated rings. The molecular weight excluding hydrogens is 318 g/mol. The molecule has 1 aliphatic rings. The largest absolute Gasteiger partial charge is 0.423 e. The van der Waals surface area contributed by atoms with E-state index in [4.69, 9.17) is 8.97 Å². The first-order valence-electron chi connectivity index (χ1n) is 7.61. The SMILES string of the molecule is Cc1cc(=O)oc2cc3c(cc12)CCCN3CCCS(=O)(=O)O. The maximum atomic E-state index is 11.6. The number of nitrogens with zero attached hydrogens (tertiary/aromatic N) is 1. The molecule has 0 spiro atoms. The first-order valence-corrected chi connectivity index (χ1v) is 9.22. The van der Waals surface area contributed by atoms with E-state index in [1.807, 2.05) is 13.0 Å². The zero-order chi connectivity index (χ0) is 16.6.